The van der Waals surface area contributed by atoms with Gasteiger partial charge in [-0.1, -0.05) is 43.3 Å². The van der Waals surface area contributed by atoms with Crippen molar-refractivity contribution < 1.29 is 14.6 Å². The van der Waals surface area contributed by atoms with Gasteiger partial charge in [-0.15, -0.1) is 0 Å². The van der Waals surface area contributed by atoms with Crippen LogP contribution in [0.3, 0.4) is 0 Å². The summed E-state index contributed by atoms with van der Waals surface area (Å²) >= 11 is 0. The number of amides is 1. The van der Waals surface area contributed by atoms with E-state index in [1.165, 1.54) is 5.56 Å². The Bertz CT molecular complexity index is 1030. The monoisotopic (exact) mass is 463 g/mol. The maximum Gasteiger partial charge on any atom is 0.250 e. The Morgan fingerprint density at radius 2 is 1.88 bits per heavy atom. The number of fused-ring (bicyclic) bond motifs is 1. The molecule has 0 radical (unpaired) electrons. The SMILES string of the molecule is CCCN(CCCO)C(=O)C1=Cc2ccc(-c3ccc(CCOC(C)C)cc3)cc2N=C(N)C1. The number of carbonyl (C=O) groups is 1. The van der Waals surface area contributed by atoms with Gasteiger partial charge in [0.15, 0.2) is 0 Å². The summed E-state index contributed by atoms with van der Waals surface area (Å²) in [6, 6.07) is 14.6. The van der Waals surface area contributed by atoms with Gasteiger partial charge in [0.1, 0.15) is 5.84 Å². The van der Waals surface area contributed by atoms with Crippen molar-refractivity contribution in [1.29, 1.82) is 0 Å². The highest BCUT2D eigenvalue weighted by molar-refractivity contribution is 6.05. The van der Waals surface area contributed by atoms with Crippen LogP contribution in [0.5, 0.6) is 0 Å². The van der Waals surface area contributed by atoms with Crippen LogP contribution in [0, 0.1) is 0 Å². The van der Waals surface area contributed by atoms with Gasteiger partial charge >= 0.3 is 0 Å². The fourth-order valence-electron chi connectivity index (χ4n) is 4.03. The van der Waals surface area contributed by atoms with E-state index in [1.54, 1.807) is 4.90 Å². The number of ether oxygens (including phenoxy) is 1. The van der Waals surface area contributed by atoms with E-state index in [0.717, 1.165) is 35.2 Å². The standard InChI is InChI=1S/C28H37N3O3/c1-4-13-31(14-5-15-32)28(33)25-17-24-11-10-23(18-26(24)30-27(29)19-25)22-8-6-21(7-9-22)12-16-34-20(2)3/h6-11,17-18,20,32H,4-5,12-16,19H2,1-3H3,(H2,29,30). The van der Waals surface area contributed by atoms with E-state index >= 15 is 0 Å². The second-order valence-electron chi connectivity index (χ2n) is 8.96. The number of amidine groups is 1. The average Bonchev–Trinajstić information content (AvgIpc) is 2.99. The smallest absolute Gasteiger partial charge is 0.250 e. The predicted octanol–water partition coefficient (Wildman–Crippen LogP) is 4.72. The normalized spacial score (nSPS) is 13.2. The van der Waals surface area contributed by atoms with Gasteiger partial charge in [-0.3, -0.25) is 4.79 Å². The van der Waals surface area contributed by atoms with Crippen molar-refractivity contribution in [2.24, 2.45) is 10.7 Å². The second kappa shape index (κ2) is 12.5. The fourth-order valence-corrected chi connectivity index (χ4v) is 4.03. The van der Waals surface area contributed by atoms with Gasteiger partial charge in [0, 0.05) is 37.3 Å². The molecule has 6 nitrogen and oxygen atoms in total. The third kappa shape index (κ3) is 7.02. The van der Waals surface area contributed by atoms with E-state index in [9.17, 15) is 9.90 Å². The maximum atomic E-state index is 13.2. The lowest BCUT2D eigenvalue weighted by Crippen LogP contribution is -2.35. The van der Waals surface area contributed by atoms with Gasteiger partial charge < -0.3 is 20.5 Å². The topological polar surface area (TPSA) is 88.1 Å². The van der Waals surface area contributed by atoms with Crippen LogP contribution in [-0.2, 0) is 16.0 Å². The number of hydrogen-bond acceptors (Lipinski definition) is 5. The molecular weight excluding hydrogens is 426 g/mol. The number of nitrogens with zero attached hydrogens (tertiary/aromatic N) is 2. The molecule has 0 atom stereocenters. The minimum atomic E-state index is -0.0394. The molecule has 2 aromatic rings. The van der Waals surface area contributed by atoms with Crippen molar-refractivity contribution in [3.63, 3.8) is 0 Å². The fraction of sp³-hybridized carbons (Fsp3) is 0.429. The Hall–Kier alpha value is -2.96. The first kappa shape index (κ1) is 25.7. The van der Waals surface area contributed by atoms with Gasteiger partial charge in [-0.05, 0) is 61.9 Å². The van der Waals surface area contributed by atoms with Gasteiger partial charge in [0.25, 0.3) is 0 Å². The van der Waals surface area contributed by atoms with Crippen molar-refractivity contribution in [2.45, 2.75) is 52.6 Å². The molecule has 0 unspecified atom stereocenters. The minimum absolute atomic E-state index is 0.0394. The van der Waals surface area contributed by atoms with Crippen LogP contribution in [0.25, 0.3) is 17.2 Å². The molecule has 34 heavy (non-hydrogen) atoms. The number of hydrogen-bond donors (Lipinski definition) is 2. The molecule has 6 heteroatoms. The zero-order valence-electron chi connectivity index (χ0n) is 20.6. The van der Waals surface area contributed by atoms with E-state index in [2.05, 4.69) is 35.3 Å². The van der Waals surface area contributed by atoms with Crippen molar-refractivity contribution in [3.8, 4) is 11.1 Å². The zero-order valence-corrected chi connectivity index (χ0v) is 20.6. The number of benzene rings is 2. The molecular formula is C28H37N3O3. The van der Waals surface area contributed by atoms with Gasteiger partial charge in [0.2, 0.25) is 5.91 Å². The van der Waals surface area contributed by atoms with Crippen molar-refractivity contribution in [3.05, 3.63) is 59.2 Å². The predicted molar refractivity (Wildman–Crippen MR) is 139 cm³/mol. The van der Waals surface area contributed by atoms with Crippen LogP contribution in [0.15, 0.2) is 53.0 Å². The number of aliphatic hydroxyl groups excluding tert-OH is 1. The van der Waals surface area contributed by atoms with E-state index in [1.807, 2.05) is 39.0 Å². The largest absolute Gasteiger partial charge is 0.396 e. The molecule has 0 fully saturated rings. The average molecular weight is 464 g/mol. The molecule has 0 spiro atoms. The van der Waals surface area contributed by atoms with Gasteiger partial charge in [-0.25, -0.2) is 4.99 Å². The van der Waals surface area contributed by atoms with Crippen LogP contribution in [0.4, 0.5) is 5.69 Å². The Balaban J connectivity index is 1.81. The van der Waals surface area contributed by atoms with E-state index < -0.39 is 0 Å². The first-order valence-corrected chi connectivity index (χ1v) is 12.2. The van der Waals surface area contributed by atoms with E-state index in [4.69, 9.17) is 10.5 Å². The summed E-state index contributed by atoms with van der Waals surface area (Å²) < 4.78 is 5.65. The van der Waals surface area contributed by atoms with Crippen LogP contribution in [0.2, 0.25) is 0 Å². The molecule has 0 saturated carbocycles. The second-order valence-corrected chi connectivity index (χ2v) is 8.96. The zero-order chi connectivity index (χ0) is 24.5. The molecule has 0 saturated heterocycles. The minimum Gasteiger partial charge on any atom is -0.396 e. The highest BCUT2D eigenvalue weighted by Gasteiger charge is 2.21. The summed E-state index contributed by atoms with van der Waals surface area (Å²) in [6.45, 7) is 8.09. The summed E-state index contributed by atoms with van der Waals surface area (Å²) in [5.41, 5.74) is 11.9. The lowest BCUT2D eigenvalue weighted by Gasteiger charge is -2.23. The summed E-state index contributed by atoms with van der Waals surface area (Å²) in [6.07, 6.45) is 4.77. The number of rotatable bonds is 11. The Morgan fingerprint density at radius 1 is 1.15 bits per heavy atom. The number of aliphatic hydroxyl groups is 1. The first-order valence-electron chi connectivity index (χ1n) is 12.2. The molecule has 0 aromatic heterocycles. The summed E-state index contributed by atoms with van der Waals surface area (Å²) in [5, 5.41) is 9.19. The lowest BCUT2D eigenvalue weighted by molar-refractivity contribution is -0.127. The molecule has 182 valence electrons. The molecule has 1 aliphatic heterocycles. The van der Waals surface area contributed by atoms with Crippen LogP contribution in [0.1, 0.15) is 51.2 Å². The molecule has 0 aliphatic carbocycles. The lowest BCUT2D eigenvalue weighted by atomic mass is 9.99. The van der Waals surface area contributed by atoms with Crippen molar-refractivity contribution >= 4 is 23.5 Å². The molecule has 1 aliphatic rings. The van der Waals surface area contributed by atoms with Crippen LogP contribution >= 0.6 is 0 Å². The molecule has 1 amide bonds. The highest BCUT2D eigenvalue weighted by atomic mass is 16.5. The van der Waals surface area contributed by atoms with Crippen molar-refractivity contribution in [2.75, 3.05) is 26.3 Å². The summed E-state index contributed by atoms with van der Waals surface area (Å²) in [4.78, 5) is 19.6. The third-order valence-corrected chi connectivity index (χ3v) is 5.77. The maximum absolute atomic E-state index is 13.2. The molecule has 2 aromatic carbocycles. The number of nitrogens with two attached hydrogens (primary N) is 1. The third-order valence-electron chi connectivity index (χ3n) is 5.77. The van der Waals surface area contributed by atoms with Gasteiger partial charge in [0.05, 0.1) is 18.4 Å². The molecule has 1 heterocycles. The Kier molecular flexibility index (Phi) is 9.42. The summed E-state index contributed by atoms with van der Waals surface area (Å²) in [5.74, 6) is 0.386. The highest BCUT2D eigenvalue weighted by Crippen LogP contribution is 2.32. The van der Waals surface area contributed by atoms with Gasteiger partial charge in [-0.2, -0.15) is 0 Å². The van der Waals surface area contributed by atoms with Crippen molar-refractivity contribution in [1.82, 2.24) is 4.90 Å². The first-order chi connectivity index (χ1) is 16.4. The number of aliphatic imine (C=N–C) groups is 1. The molecule has 3 N–H and O–H groups in total. The molecule has 0 bridgehead atoms. The molecule has 3 rings (SSSR count). The van der Waals surface area contributed by atoms with E-state index in [-0.39, 0.29) is 18.6 Å². The number of carbonyl (C=O) groups excluding carboxylic acids is 1. The van der Waals surface area contributed by atoms with E-state index in [0.29, 0.717) is 43.9 Å². The summed E-state index contributed by atoms with van der Waals surface area (Å²) in [7, 11) is 0. The Labute approximate surface area is 203 Å². The van der Waals surface area contributed by atoms with Crippen LogP contribution in [-0.4, -0.2) is 54.2 Å². The Morgan fingerprint density at radius 3 is 2.56 bits per heavy atom. The van der Waals surface area contributed by atoms with Crippen LogP contribution < -0.4 is 5.73 Å². The quantitative estimate of drug-likeness (QED) is 0.505.